The molecule has 1 aliphatic heterocycles. The SMILES string of the molecule is CCCCC[C@@H]1NC(=O)C[C@@H]1C(=O)OC. The number of nitrogens with one attached hydrogen (secondary N) is 1. The van der Waals surface area contributed by atoms with Crippen molar-refractivity contribution in [3.8, 4) is 0 Å². The van der Waals surface area contributed by atoms with E-state index >= 15 is 0 Å². The fourth-order valence-electron chi connectivity index (χ4n) is 1.99. The molecule has 2 atom stereocenters. The standard InChI is InChI=1S/C11H19NO3/c1-3-4-5-6-9-8(11(14)15-2)7-10(13)12-9/h8-9H,3-7H2,1-2H3,(H,12,13)/t8-,9-/m0/s1. The van der Waals surface area contributed by atoms with Gasteiger partial charge >= 0.3 is 5.97 Å². The number of rotatable bonds is 5. The first-order valence-electron chi connectivity index (χ1n) is 5.56. The number of carbonyl (C=O) groups is 2. The predicted octanol–water partition coefficient (Wildman–Crippen LogP) is 1.24. The number of unbranched alkanes of at least 4 members (excludes halogenated alkanes) is 2. The predicted molar refractivity (Wildman–Crippen MR) is 56.2 cm³/mol. The van der Waals surface area contributed by atoms with Crippen molar-refractivity contribution in [1.29, 1.82) is 0 Å². The summed E-state index contributed by atoms with van der Waals surface area (Å²) in [6, 6.07) is -0.0171. The van der Waals surface area contributed by atoms with Crippen LogP contribution in [0.25, 0.3) is 0 Å². The topological polar surface area (TPSA) is 55.4 Å². The largest absolute Gasteiger partial charge is 0.469 e. The second-order valence-corrected chi connectivity index (χ2v) is 4.00. The van der Waals surface area contributed by atoms with Crippen molar-refractivity contribution >= 4 is 11.9 Å². The molecule has 1 heterocycles. The van der Waals surface area contributed by atoms with Gasteiger partial charge in [0.05, 0.1) is 13.0 Å². The molecule has 0 saturated carbocycles. The average molecular weight is 213 g/mol. The van der Waals surface area contributed by atoms with Gasteiger partial charge in [0.1, 0.15) is 0 Å². The number of hydrogen-bond acceptors (Lipinski definition) is 3. The van der Waals surface area contributed by atoms with E-state index in [-0.39, 0.29) is 30.3 Å². The van der Waals surface area contributed by atoms with Gasteiger partial charge in [0.2, 0.25) is 5.91 Å². The normalized spacial score (nSPS) is 25.1. The maximum atomic E-state index is 11.4. The van der Waals surface area contributed by atoms with Crippen molar-refractivity contribution in [3.05, 3.63) is 0 Å². The summed E-state index contributed by atoms with van der Waals surface area (Å²) < 4.78 is 4.69. The lowest BCUT2D eigenvalue weighted by Crippen LogP contribution is -2.32. The van der Waals surface area contributed by atoms with Crippen molar-refractivity contribution in [3.63, 3.8) is 0 Å². The first-order valence-corrected chi connectivity index (χ1v) is 5.56. The summed E-state index contributed by atoms with van der Waals surface area (Å²) in [5, 5.41) is 2.84. The van der Waals surface area contributed by atoms with Crippen LogP contribution in [-0.2, 0) is 14.3 Å². The van der Waals surface area contributed by atoms with Crippen LogP contribution in [0.5, 0.6) is 0 Å². The Morgan fingerprint density at radius 1 is 1.53 bits per heavy atom. The van der Waals surface area contributed by atoms with E-state index in [4.69, 9.17) is 0 Å². The quantitative estimate of drug-likeness (QED) is 0.552. The Bertz CT molecular complexity index is 240. The summed E-state index contributed by atoms with van der Waals surface area (Å²) in [5.41, 5.74) is 0. The van der Waals surface area contributed by atoms with E-state index in [9.17, 15) is 9.59 Å². The number of esters is 1. The fourth-order valence-corrected chi connectivity index (χ4v) is 1.99. The maximum Gasteiger partial charge on any atom is 0.311 e. The Morgan fingerprint density at radius 2 is 2.27 bits per heavy atom. The molecule has 1 rings (SSSR count). The lowest BCUT2D eigenvalue weighted by atomic mass is 9.96. The van der Waals surface area contributed by atoms with Crippen LogP contribution in [-0.4, -0.2) is 25.0 Å². The van der Waals surface area contributed by atoms with Crippen molar-refractivity contribution in [2.24, 2.45) is 5.92 Å². The number of hydrogen-bond donors (Lipinski definition) is 1. The van der Waals surface area contributed by atoms with Crippen LogP contribution in [0, 0.1) is 5.92 Å². The van der Waals surface area contributed by atoms with E-state index in [1.807, 2.05) is 0 Å². The molecule has 1 amide bonds. The summed E-state index contributed by atoms with van der Waals surface area (Å²) >= 11 is 0. The van der Waals surface area contributed by atoms with E-state index in [1.54, 1.807) is 0 Å². The van der Waals surface area contributed by atoms with E-state index < -0.39 is 0 Å². The third-order valence-corrected chi connectivity index (χ3v) is 2.86. The van der Waals surface area contributed by atoms with Gasteiger partial charge < -0.3 is 10.1 Å². The third kappa shape index (κ3) is 3.22. The summed E-state index contributed by atoms with van der Waals surface area (Å²) in [7, 11) is 1.37. The molecule has 0 unspecified atom stereocenters. The van der Waals surface area contributed by atoms with Crippen LogP contribution in [0.3, 0.4) is 0 Å². The minimum atomic E-state index is -0.278. The fraction of sp³-hybridized carbons (Fsp3) is 0.818. The first kappa shape index (κ1) is 12.0. The van der Waals surface area contributed by atoms with E-state index in [2.05, 4.69) is 17.0 Å². The number of methoxy groups -OCH3 is 1. The highest BCUT2D eigenvalue weighted by atomic mass is 16.5. The van der Waals surface area contributed by atoms with Gasteiger partial charge in [-0.15, -0.1) is 0 Å². The highest BCUT2D eigenvalue weighted by Gasteiger charge is 2.37. The van der Waals surface area contributed by atoms with Gasteiger partial charge in [-0.1, -0.05) is 26.2 Å². The summed E-state index contributed by atoms with van der Waals surface area (Å²) in [5.74, 6) is -0.582. The van der Waals surface area contributed by atoms with Crippen molar-refractivity contribution < 1.29 is 14.3 Å². The minimum Gasteiger partial charge on any atom is -0.469 e. The average Bonchev–Trinajstić information content (AvgIpc) is 2.59. The minimum absolute atomic E-state index is 0.0171. The lowest BCUT2D eigenvalue weighted by molar-refractivity contribution is -0.146. The summed E-state index contributed by atoms with van der Waals surface area (Å²) in [6.45, 7) is 2.13. The van der Waals surface area contributed by atoms with Crippen LogP contribution < -0.4 is 5.32 Å². The molecule has 1 saturated heterocycles. The molecule has 4 heteroatoms. The van der Waals surface area contributed by atoms with E-state index in [0.717, 1.165) is 25.7 Å². The maximum absolute atomic E-state index is 11.4. The van der Waals surface area contributed by atoms with Gasteiger partial charge in [0.15, 0.2) is 0 Å². The van der Waals surface area contributed by atoms with Gasteiger partial charge in [-0.05, 0) is 6.42 Å². The second-order valence-electron chi connectivity index (χ2n) is 4.00. The highest BCUT2D eigenvalue weighted by molar-refractivity contribution is 5.87. The van der Waals surface area contributed by atoms with Gasteiger partial charge in [0, 0.05) is 12.5 Å². The lowest BCUT2D eigenvalue weighted by Gasteiger charge is -2.16. The van der Waals surface area contributed by atoms with Gasteiger partial charge in [0.25, 0.3) is 0 Å². The first-order chi connectivity index (χ1) is 7.19. The molecule has 0 aromatic rings. The number of amides is 1. The van der Waals surface area contributed by atoms with Gasteiger partial charge in [-0.2, -0.15) is 0 Å². The molecule has 0 spiro atoms. The zero-order valence-electron chi connectivity index (χ0n) is 9.41. The van der Waals surface area contributed by atoms with Gasteiger partial charge in [-0.3, -0.25) is 9.59 Å². The molecule has 15 heavy (non-hydrogen) atoms. The monoisotopic (exact) mass is 213 g/mol. The molecule has 4 nitrogen and oxygen atoms in total. The second kappa shape index (κ2) is 5.73. The smallest absolute Gasteiger partial charge is 0.311 e. The van der Waals surface area contributed by atoms with Crippen LogP contribution in [0.2, 0.25) is 0 Å². The molecular weight excluding hydrogens is 194 g/mol. The zero-order chi connectivity index (χ0) is 11.3. The molecule has 1 N–H and O–H groups in total. The Kier molecular flexibility index (Phi) is 4.59. The van der Waals surface area contributed by atoms with Crippen LogP contribution >= 0.6 is 0 Å². The van der Waals surface area contributed by atoms with Crippen molar-refractivity contribution in [2.75, 3.05) is 7.11 Å². The Morgan fingerprint density at radius 3 is 2.87 bits per heavy atom. The Hall–Kier alpha value is -1.06. The number of carbonyl (C=O) groups excluding carboxylic acids is 2. The molecule has 0 radical (unpaired) electrons. The Balaban J connectivity index is 2.45. The van der Waals surface area contributed by atoms with Crippen LogP contribution in [0.1, 0.15) is 39.0 Å². The summed E-state index contributed by atoms with van der Waals surface area (Å²) in [6.07, 6.45) is 4.49. The molecular formula is C11H19NO3. The Labute approximate surface area is 90.4 Å². The van der Waals surface area contributed by atoms with E-state index in [0.29, 0.717) is 0 Å². The molecule has 1 aliphatic rings. The van der Waals surface area contributed by atoms with Crippen molar-refractivity contribution in [1.82, 2.24) is 5.32 Å². The zero-order valence-corrected chi connectivity index (χ0v) is 9.41. The van der Waals surface area contributed by atoms with E-state index in [1.165, 1.54) is 7.11 Å². The molecule has 86 valence electrons. The molecule has 1 fully saturated rings. The molecule has 0 aliphatic carbocycles. The number of ether oxygens (including phenoxy) is 1. The molecule has 0 aromatic carbocycles. The summed E-state index contributed by atoms with van der Waals surface area (Å²) in [4.78, 5) is 22.6. The molecule has 0 bridgehead atoms. The van der Waals surface area contributed by atoms with Crippen LogP contribution in [0.15, 0.2) is 0 Å². The van der Waals surface area contributed by atoms with Gasteiger partial charge in [-0.25, -0.2) is 0 Å². The van der Waals surface area contributed by atoms with Crippen molar-refractivity contribution in [2.45, 2.75) is 45.1 Å². The molecule has 0 aromatic heterocycles. The highest BCUT2D eigenvalue weighted by Crippen LogP contribution is 2.22. The third-order valence-electron chi connectivity index (χ3n) is 2.86. The van der Waals surface area contributed by atoms with Crippen LogP contribution in [0.4, 0.5) is 0 Å².